The minimum absolute atomic E-state index is 0.564. The van der Waals surface area contributed by atoms with Gasteiger partial charge in [0.05, 0.1) is 5.39 Å². The fourth-order valence-electron chi connectivity index (χ4n) is 5.82. The van der Waals surface area contributed by atoms with Crippen LogP contribution in [0.15, 0.2) is 126 Å². The molecule has 42 heavy (non-hydrogen) atoms. The number of hydrogen-bond acceptors (Lipinski definition) is 6. The van der Waals surface area contributed by atoms with E-state index in [0.717, 1.165) is 43.8 Å². The third-order valence-electron chi connectivity index (χ3n) is 7.81. The van der Waals surface area contributed by atoms with E-state index in [-0.39, 0.29) is 0 Å². The quantitative estimate of drug-likeness (QED) is 0.217. The van der Waals surface area contributed by atoms with Gasteiger partial charge in [0.15, 0.2) is 17.5 Å². The molecular formula is C36H20N4OS. The summed E-state index contributed by atoms with van der Waals surface area (Å²) in [5.74, 6) is 1.83. The van der Waals surface area contributed by atoms with Crippen molar-refractivity contribution in [1.29, 1.82) is 0 Å². The smallest absolute Gasteiger partial charge is 0.228 e. The summed E-state index contributed by atoms with van der Waals surface area (Å²) in [6.07, 6.45) is 1.76. The highest BCUT2D eigenvalue weighted by Gasteiger charge is 2.20. The molecule has 0 aliphatic rings. The molecule has 0 bridgehead atoms. The van der Waals surface area contributed by atoms with E-state index in [9.17, 15) is 0 Å². The molecule has 5 nitrogen and oxygen atoms in total. The van der Waals surface area contributed by atoms with Crippen molar-refractivity contribution in [3.05, 3.63) is 121 Å². The first kappa shape index (κ1) is 23.3. The summed E-state index contributed by atoms with van der Waals surface area (Å²) in [4.78, 5) is 19.6. The molecule has 0 aliphatic carbocycles. The van der Waals surface area contributed by atoms with Crippen molar-refractivity contribution in [1.82, 2.24) is 19.9 Å². The van der Waals surface area contributed by atoms with Crippen molar-refractivity contribution in [2.45, 2.75) is 0 Å². The molecule has 0 spiro atoms. The molecule has 0 radical (unpaired) electrons. The molecule has 9 aromatic rings. The lowest BCUT2D eigenvalue weighted by atomic mass is 10.0. The van der Waals surface area contributed by atoms with E-state index in [1.165, 1.54) is 20.2 Å². The highest BCUT2D eigenvalue weighted by molar-refractivity contribution is 7.25. The number of thiophene rings is 1. The van der Waals surface area contributed by atoms with E-state index < -0.39 is 0 Å². The molecule has 9 rings (SSSR count). The molecule has 0 saturated carbocycles. The minimum Gasteiger partial charge on any atom is -0.437 e. The number of nitrogens with zero attached hydrogens (tertiary/aromatic N) is 4. The van der Waals surface area contributed by atoms with Gasteiger partial charge in [0.1, 0.15) is 5.58 Å². The van der Waals surface area contributed by atoms with Crippen LogP contribution in [0, 0.1) is 0 Å². The maximum absolute atomic E-state index is 6.35. The standard InChI is InChI=1S/C36H20N4OS/c1-2-9-22(10-3-1)33-38-34(23-15-16-26-25-12-6-7-13-29(25)42-30(26)20-23)40-35(39-33)28-18-19-37-36-31(28)27-17-14-21-8-4-5-11-24(21)32(27)41-36/h1-20H. The van der Waals surface area contributed by atoms with Crippen molar-refractivity contribution in [3.8, 4) is 34.2 Å². The number of rotatable bonds is 3. The molecule has 5 aromatic carbocycles. The van der Waals surface area contributed by atoms with Gasteiger partial charge >= 0.3 is 0 Å². The van der Waals surface area contributed by atoms with Crippen LogP contribution in [0.4, 0.5) is 0 Å². The Kier molecular flexibility index (Phi) is 5.00. The molecule has 0 atom stereocenters. The molecular weight excluding hydrogens is 536 g/mol. The number of hydrogen-bond donors (Lipinski definition) is 0. The molecule has 0 saturated heterocycles. The van der Waals surface area contributed by atoms with Gasteiger partial charge in [-0.05, 0) is 29.7 Å². The van der Waals surface area contributed by atoms with E-state index in [2.05, 4.69) is 71.7 Å². The molecule has 6 heteroatoms. The van der Waals surface area contributed by atoms with Gasteiger partial charge in [-0.1, -0.05) is 91.0 Å². The van der Waals surface area contributed by atoms with Crippen LogP contribution < -0.4 is 0 Å². The normalized spacial score (nSPS) is 11.8. The Hall–Kier alpha value is -5.46. The Morgan fingerprint density at radius 1 is 0.524 bits per heavy atom. The SMILES string of the molecule is c1ccc(-c2nc(-c3ccc4c(c3)sc3ccccc34)nc(-c3ccnc4oc5c6ccccc6ccc5c34)n2)cc1. The Labute approximate surface area is 243 Å². The highest BCUT2D eigenvalue weighted by atomic mass is 32.1. The van der Waals surface area contributed by atoms with Crippen LogP contribution in [0.3, 0.4) is 0 Å². The van der Waals surface area contributed by atoms with Gasteiger partial charge in [0, 0.05) is 53.8 Å². The lowest BCUT2D eigenvalue weighted by molar-refractivity contribution is 0.657. The monoisotopic (exact) mass is 556 g/mol. The number of fused-ring (bicyclic) bond motifs is 8. The summed E-state index contributed by atoms with van der Waals surface area (Å²) in [6.45, 7) is 0. The zero-order valence-electron chi connectivity index (χ0n) is 22.2. The van der Waals surface area contributed by atoms with Crippen LogP contribution in [0.5, 0.6) is 0 Å². The first-order valence-electron chi connectivity index (χ1n) is 13.7. The molecule has 0 N–H and O–H groups in total. The van der Waals surface area contributed by atoms with Crippen LogP contribution in [0.1, 0.15) is 0 Å². The van der Waals surface area contributed by atoms with Gasteiger partial charge in [0.2, 0.25) is 5.71 Å². The Bertz CT molecular complexity index is 2480. The minimum atomic E-state index is 0.564. The molecule has 0 fully saturated rings. The summed E-state index contributed by atoms with van der Waals surface area (Å²) < 4.78 is 8.83. The van der Waals surface area contributed by atoms with E-state index >= 15 is 0 Å². The molecule has 0 aliphatic heterocycles. The first-order chi connectivity index (χ1) is 20.8. The van der Waals surface area contributed by atoms with Gasteiger partial charge < -0.3 is 4.42 Å². The van der Waals surface area contributed by atoms with Gasteiger partial charge in [-0.2, -0.15) is 0 Å². The number of aromatic nitrogens is 4. The van der Waals surface area contributed by atoms with Crippen molar-refractivity contribution >= 4 is 64.4 Å². The van der Waals surface area contributed by atoms with Crippen LogP contribution in [0.25, 0.3) is 87.2 Å². The second-order valence-corrected chi connectivity index (χ2v) is 11.4. The highest BCUT2D eigenvalue weighted by Crippen LogP contribution is 2.39. The molecule has 0 amide bonds. The fourth-order valence-corrected chi connectivity index (χ4v) is 6.97. The summed E-state index contributed by atoms with van der Waals surface area (Å²) in [5.41, 5.74) is 4.12. The lowest BCUT2D eigenvalue weighted by Gasteiger charge is -2.09. The van der Waals surface area contributed by atoms with Crippen molar-refractivity contribution in [2.24, 2.45) is 0 Å². The van der Waals surface area contributed by atoms with Gasteiger partial charge in [0.25, 0.3) is 0 Å². The second kappa shape index (κ2) is 9.03. The first-order valence-corrected chi connectivity index (χ1v) is 14.5. The van der Waals surface area contributed by atoms with Crippen molar-refractivity contribution in [3.63, 3.8) is 0 Å². The van der Waals surface area contributed by atoms with E-state index in [0.29, 0.717) is 23.2 Å². The average Bonchev–Trinajstić information content (AvgIpc) is 3.63. The largest absolute Gasteiger partial charge is 0.437 e. The molecule has 4 aromatic heterocycles. The van der Waals surface area contributed by atoms with Crippen molar-refractivity contribution < 1.29 is 4.42 Å². The zero-order valence-corrected chi connectivity index (χ0v) is 23.0. The van der Waals surface area contributed by atoms with E-state index in [1.807, 2.05) is 48.5 Å². The van der Waals surface area contributed by atoms with E-state index in [1.54, 1.807) is 17.5 Å². The van der Waals surface area contributed by atoms with Crippen LogP contribution >= 0.6 is 11.3 Å². The van der Waals surface area contributed by atoms with Gasteiger partial charge in [-0.25, -0.2) is 19.9 Å². The molecule has 196 valence electrons. The second-order valence-electron chi connectivity index (χ2n) is 10.3. The Balaban J connectivity index is 1.30. The number of benzene rings is 5. The van der Waals surface area contributed by atoms with Crippen molar-refractivity contribution in [2.75, 3.05) is 0 Å². The summed E-state index contributed by atoms with van der Waals surface area (Å²) in [6, 6.07) is 39.5. The average molecular weight is 557 g/mol. The Morgan fingerprint density at radius 2 is 1.24 bits per heavy atom. The lowest BCUT2D eigenvalue weighted by Crippen LogP contribution is -2.00. The summed E-state index contributed by atoms with van der Waals surface area (Å²) in [7, 11) is 0. The number of pyridine rings is 1. The third kappa shape index (κ3) is 3.56. The maximum Gasteiger partial charge on any atom is 0.228 e. The number of furan rings is 1. The predicted octanol–water partition coefficient (Wildman–Crippen LogP) is 9.69. The summed E-state index contributed by atoms with van der Waals surface area (Å²) >= 11 is 1.79. The van der Waals surface area contributed by atoms with Crippen LogP contribution in [-0.4, -0.2) is 19.9 Å². The molecule has 4 heterocycles. The zero-order chi connectivity index (χ0) is 27.6. The summed E-state index contributed by atoms with van der Waals surface area (Å²) in [5, 5.41) is 6.57. The van der Waals surface area contributed by atoms with Gasteiger partial charge in [-0.15, -0.1) is 11.3 Å². The van der Waals surface area contributed by atoms with Gasteiger partial charge in [-0.3, -0.25) is 0 Å². The predicted molar refractivity (Wildman–Crippen MR) is 172 cm³/mol. The van der Waals surface area contributed by atoms with E-state index in [4.69, 9.17) is 19.4 Å². The van der Waals surface area contributed by atoms with Crippen LogP contribution in [-0.2, 0) is 0 Å². The third-order valence-corrected chi connectivity index (χ3v) is 8.94. The topological polar surface area (TPSA) is 64.7 Å². The Morgan fingerprint density at radius 3 is 2.14 bits per heavy atom. The molecule has 0 unspecified atom stereocenters. The fraction of sp³-hybridized carbons (Fsp3) is 0. The maximum atomic E-state index is 6.35. The van der Waals surface area contributed by atoms with Crippen LogP contribution in [0.2, 0.25) is 0 Å².